The van der Waals surface area contributed by atoms with E-state index in [2.05, 4.69) is 38.3 Å². The third kappa shape index (κ3) is 3.65. The minimum absolute atomic E-state index is 0.0171. The number of benzene rings is 1. The molecule has 0 radical (unpaired) electrons. The highest BCUT2D eigenvalue weighted by atomic mass is 16.2. The van der Waals surface area contributed by atoms with Gasteiger partial charge in [0.2, 0.25) is 5.91 Å². The second kappa shape index (κ2) is 7.50. The molecule has 0 aliphatic carbocycles. The zero-order valence-corrected chi connectivity index (χ0v) is 16.2. The van der Waals surface area contributed by atoms with Gasteiger partial charge >= 0.3 is 0 Å². The number of aromatic nitrogens is 3. The van der Waals surface area contributed by atoms with Gasteiger partial charge in [-0.05, 0) is 43.9 Å². The molecule has 3 aromatic rings. The highest BCUT2D eigenvalue weighted by Crippen LogP contribution is 2.17. The fraction of sp³-hybridized carbons (Fsp3) is 0.381. The first kappa shape index (κ1) is 18.3. The largest absolute Gasteiger partial charge is 0.352 e. The van der Waals surface area contributed by atoms with Crippen LogP contribution < -0.4 is 5.32 Å². The number of nitrogens with zero attached hydrogens (tertiary/aromatic N) is 3. The zero-order chi connectivity index (χ0) is 19.7. The van der Waals surface area contributed by atoms with Gasteiger partial charge in [-0.3, -0.25) is 14.7 Å². The number of nitrogens with one attached hydrogen (secondary N) is 2. The molecule has 146 valence electrons. The molecule has 1 saturated heterocycles. The van der Waals surface area contributed by atoms with Gasteiger partial charge in [0.25, 0.3) is 5.91 Å². The molecule has 28 heavy (non-hydrogen) atoms. The highest BCUT2D eigenvalue weighted by Gasteiger charge is 2.28. The number of rotatable bonds is 6. The van der Waals surface area contributed by atoms with E-state index in [1.54, 1.807) is 4.90 Å². The van der Waals surface area contributed by atoms with Crippen molar-refractivity contribution in [3.63, 3.8) is 0 Å². The fourth-order valence-corrected chi connectivity index (χ4v) is 3.74. The Bertz CT molecular complexity index is 1000. The van der Waals surface area contributed by atoms with Gasteiger partial charge in [-0.2, -0.15) is 5.10 Å². The molecule has 7 nitrogen and oxygen atoms in total. The Hall–Kier alpha value is -3.09. The minimum atomic E-state index is -0.115. The van der Waals surface area contributed by atoms with Crippen LogP contribution in [0.5, 0.6) is 0 Å². The van der Waals surface area contributed by atoms with Crippen LogP contribution in [0.2, 0.25) is 0 Å². The average molecular weight is 379 g/mol. The summed E-state index contributed by atoms with van der Waals surface area (Å²) < 4.78 is 2.13. The van der Waals surface area contributed by atoms with E-state index in [0.29, 0.717) is 25.2 Å². The predicted molar refractivity (Wildman–Crippen MR) is 107 cm³/mol. The number of hydrogen-bond acceptors (Lipinski definition) is 3. The van der Waals surface area contributed by atoms with E-state index in [4.69, 9.17) is 0 Å². The molecule has 7 heteroatoms. The number of para-hydroxylation sites is 1. The molecule has 2 aromatic heterocycles. The summed E-state index contributed by atoms with van der Waals surface area (Å²) in [7, 11) is 0. The molecule has 1 atom stereocenters. The van der Waals surface area contributed by atoms with Crippen LogP contribution in [0.1, 0.15) is 42.9 Å². The summed E-state index contributed by atoms with van der Waals surface area (Å²) in [6.45, 7) is 5.09. The number of hydrogen-bond donors (Lipinski definition) is 2. The smallest absolute Gasteiger partial charge is 0.274 e. The fourth-order valence-electron chi connectivity index (χ4n) is 3.74. The van der Waals surface area contributed by atoms with Crippen LogP contribution in [0.15, 0.2) is 42.6 Å². The van der Waals surface area contributed by atoms with Crippen molar-refractivity contribution in [3.8, 4) is 0 Å². The van der Waals surface area contributed by atoms with E-state index < -0.39 is 0 Å². The Kier molecular flexibility index (Phi) is 4.90. The Labute approximate surface area is 163 Å². The minimum Gasteiger partial charge on any atom is -0.352 e. The molecule has 0 spiro atoms. The van der Waals surface area contributed by atoms with Crippen molar-refractivity contribution in [3.05, 3.63) is 54.0 Å². The molecule has 1 aromatic carbocycles. The molecule has 1 aliphatic rings. The van der Waals surface area contributed by atoms with E-state index >= 15 is 0 Å². The maximum Gasteiger partial charge on any atom is 0.274 e. The van der Waals surface area contributed by atoms with E-state index in [-0.39, 0.29) is 23.9 Å². The van der Waals surface area contributed by atoms with Crippen molar-refractivity contribution in [2.45, 2.75) is 45.3 Å². The first-order valence-corrected chi connectivity index (χ1v) is 9.70. The van der Waals surface area contributed by atoms with Crippen molar-refractivity contribution < 1.29 is 9.59 Å². The third-order valence-corrected chi connectivity index (χ3v) is 5.26. The van der Waals surface area contributed by atoms with Gasteiger partial charge < -0.3 is 14.8 Å². The summed E-state index contributed by atoms with van der Waals surface area (Å²) in [6, 6.07) is 12.1. The Morgan fingerprint density at radius 3 is 2.89 bits per heavy atom. The summed E-state index contributed by atoms with van der Waals surface area (Å²) >= 11 is 0. The van der Waals surface area contributed by atoms with E-state index in [1.807, 2.05) is 38.2 Å². The number of fused-ring (bicyclic) bond motifs is 1. The lowest BCUT2D eigenvalue weighted by Gasteiger charge is -2.28. The summed E-state index contributed by atoms with van der Waals surface area (Å²) in [5, 5.41) is 11.4. The predicted octanol–water partition coefficient (Wildman–Crippen LogP) is 2.54. The van der Waals surface area contributed by atoms with Crippen LogP contribution in [0.3, 0.4) is 0 Å². The lowest BCUT2D eigenvalue weighted by molar-refractivity contribution is -0.119. The monoisotopic (exact) mass is 379 g/mol. The maximum absolute atomic E-state index is 13.0. The van der Waals surface area contributed by atoms with Gasteiger partial charge in [-0.15, -0.1) is 0 Å². The molecule has 0 saturated carbocycles. The van der Waals surface area contributed by atoms with Gasteiger partial charge in [-0.1, -0.05) is 18.2 Å². The van der Waals surface area contributed by atoms with E-state index in [1.165, 1.54) is 5.39 Å². The lowest BCUT2D eigenvalue weighted by Crippen LogP contribution is -2.45. The molecule has 3 heterocycles. The van der Waals surface area contributed by atoms with Crippen LogP contribution in [0.25, 0.3) is 10.9 Å². The highest BCUT2D eigenvalue weighted by molar-refractivity contribution is 5.92. The normalized spacial score (nSPS) is 16.7. The summed E-state index contributed by atoms with van der Waals surface area (Å²) in [6.07, 6.45) is 3.33. The number of amides is 2. The quantitative estimate of drug-likeness (QED) is 0.690. The Morgan fingerprint density at radius 2 is 2.14 bits per heavy atom. The van der Waals surface area contributed by atoms with Crippen molar-refractivity contribution in [1.82, 2.24) is 25.0 Å². The maximum atomic E-state index is 13.0. The van der Waals surface area contributed by atoms with Gasteiger partial charge in [0.05, 0.1) is 12.2 Å². The standard InChI is InChI=1S/C21H25N5O2/c1-14(2)26(13-16-7-8-20(27)22-16)21(28)18-11-17(23-24-18)12-25-10-9-15-5-3-4-6-19(15)25/h3-6,9-11,14,16H,7-8,12-13H2,1-2H3,(H,22,27)(H,23,24). The van der Waals surface area contributed by atoms with Gasteiger partial charge in [0, 0.05) is 36.8 Å². The summed E-state index contributed by atoms with van der Waals surface area (Å²) in [4.78, 5) is 26.2. The molecular weight excluding hydrogens is 354 g/mol. The van der Waals surface area contributed by atoms with Crippen molar-refractivity contribution >= 4 is 22.7 Å². The van der Waals surface area contributed by atoms with Crippen molar-refractivity contribution in [2.24, 2.45) is 0 Å². The number of carbonyl (C=O) groups excluding carboxylic acids is 2. The van der Waals surface area contributed by atoms with Crippen LogP contribution >= 0.6 is 0 Å². The summed E-state index contributed by atoms with van der Waals surface area (Å²) in [5.74, 6) is -0.0572. The molecule has 1 aliphatic heterocycles. The molecule has 1 fully saturated rings. The van der Waals surface area contributed by atoms with E-state index in [9.17, 15) is 9.59 Å². The number of carbonyl (C=O) groups is 2. The number of H-pyrrole nitrogens is 1. The topological polar surface area (TPSA) is 83.0 Å². The first-order chi connectivity index (χ1) is 13.5. The van der Waals surface area contributed by atoms with Gasteiger partial charge in [0.1, 0.15) is 5.69 Å². The van der Waals surface area contributed by atoms with E-state index in [0.717, 1.165) is 17.6 Å². The summed E-state index contributed by atoms with van der Waals surface area (Å²) in [5.41, 5.74) is 2.43. The van der Waals surface area contributed by atoms with Crippen LogP contribution in [0.4, 0.5) is 0 Å². The second-order valence-electron chi connectivity index (χ2n) is 7.64. The van der Waals surface area contributed by atoms with Crippen LogP contribution in [-0.4, -0.2) is 50.1 Å². The second-order valence-corrected chi connectivity index (χ2v) is 7.64. The molecule has 0 bridgehead atoms. The van der Waals surface area contributed by atoms with Crippen LogP contribution in [-0.2, 0) is 11.3 Å². The SMILES string of the molecule is CC(C)N(CC1CCC(=O)N1)C(=O)c1cc(Cn2ccc3ccccc32)[nH]n1. The first-order valence-electron chi connectivity index (χ1n) is 9.70. The lowest BCUT2D eigenvalue weighted by atomic mass is 10.1. The van der Waals surface area contributed by atoms with Crippen molar-refractivity contribution in [1.29, 1.82) is 0 Å². The average Bonchev–Trinajstić information content (AvgIpc) is 3.40. The van der Waals surface area contributed by atoms with Crippen LogP contribution in [0, 0.1) is 0 Å². The molecule has 1 unspecified atom stereocenters. The van der Waals surface area contributed by atoms with Gasteiger partial charge in [0.15, 0.2) is 0 Å². The Morgan fingerprint density at radius 1 is 1.32 bits per heavy atom. The number of aromatic amines is 1. The van der Waals surface area contributed by atoms with Gasteiger partial charge in [-0.25, -0.2) is 0 Å². The molecule has 2 amide bonds. The Balaban J connectivity index is 1.48. The molecular formula is C21H25N5O2. The van der Waals surface area contributed by atoms with Crippen molar-refractivity contribution in [2.75, 3.05) is 6.54 Å². The third-order valence-electron chi connectivity index (χ3n) is 5.26. The molecule has 2 N–H and O–H groups in total. The zero-order valence-electron chi connectivity index (χ0n) is 16.2. The molecule has 4 rings (SSSR count).